The number of hydrogen-bond acceptors (Lipinski definition) is 1. The molecule has 0 aliphatic carbocycles. The predicted molar refractivity (Wildman–Crippen MR) is 32.1 cm³/mol. The molecule has 0 aromatic carbocycles. The van der Waals surface area contributed by atoms with Crippen LogP contribution in [0.3, 0.4) is 0 Å². The Balaban J connectivity index is -0.0000000417. The van der Waals surface area contributed by atoms with Crippen LogP contribution in [-0.4, -0.2) is 17.1 Å². The second kappa shape index (κ2) is 23.5. The van der Waals surface area contributed by atoms with E-state index in [-0.39, 0.29) is 32.7 Å². The van der Waals surface area contributed by atoms with E-state index in [0.717, 1.165) is 23.5 Å². The van der Waals surface area contributed by atoms with Gasteiger partial charge in [0.25, 0.3) is 0 Å². The first-order valence-corrected chi connectivity index (χ1v) is 2.83. The van der Waals surface area contributed by atoms with E-state index in [0.29, 0.717) is 0 Å². The average Bonchev–Trinajstić information content (AvgIpc) is 1.61. The molecule has 0 aliphatic heterocycles. The standard InChI is InChI=1S/C4H10OSi.2O.Ti/c1-2-3-4-5-6;;;/h2H,1,3-4H2,6H3;;;/q;2*-2;+4. The maximum absolute atomic E-state index is 4.85. The van der Waals surface area contributed by atoms with Crippen LogP contribution in [0.25, 0.3) is 0 Å². The third kappa shape index (κ3) is 29.1. The Labute approximate surface area is 73.5 Å². The molecule has 3 nitrogen and oxygen atoms in total. The summed E-state index contributed by atoms with van der Waals surface area (Å²) in [7, 11) is 0.855. The summed E-state index contributed by atoms with van der Waals surface area (Å²) in [5.41, 5.74) is 0. The van der Waals surface area contributed by atoms with E-state index in [1.807, 2.05) is 6.08 Å². The van der Waals surface area contributed by atoms with E-state index in [1.165, 1.54) is 0 Å². The van der Waals surface area contributed by atoms with Crippen LogP contribution in [0.2, 0.25) is 0 Å². The second-order valence-electron chi connectivity index (χ2n) is 1.07. The SMILES string of the molecule is C=CCCO[SiH3].[O-2].[O-2].[Ti+4]. The zero-order valence-corrected chi connectivity index (χ0v) is 8.98. The molecule has 0 bridgehead atoms. The fraction of sp³-hybridized carbons (Fsp3) is 0.500. The second-order valence-corrected chi connectivity index (χ2v) is 1.65. The van der Waals surface area contributed by atoms with Crippen molar-refractivity contribution in [3.05, 3.63) is 12.7 Å². The van der Waals surface area contributed by atoms with Gasteiger partial charge < -0.3 is 15.4 Å². The van der Waals surface area contributed by atoms with Gasteiger partial charge in [-0.15, -0.1) is 6.58 Å². The molecule has 0 rings (SSSR count). The molecule has 0 amide bonds. The molecule has 0 N–H and O–H groups in total. The largest absolute Gasteiger partial charge is 4.00 e. The maximum atomic E-state index is 4.85. The van der Waals surface area contributed by atoms with Crippen LogP contribution in [0.5, 0.6) is 0 Å². The first kappa shape index (κ1) is 22.7. The molecular weight excluding hydrogens is 172 g/mol. The molecule has 0 aromatic heterocycles. The van der Waals surface area contributed by atoms with E-state index >= 15 is 0 Å². The Bertz CT molecular complexity index is 44.8. The summed E-state index contributed by atoms with van der Waals surface area (Å²) in [6, 6.07) is 0. The molecule has 5 heteroatoms. The van der Waals surface area contributed by atoms with E-state index in [9.17, 15) is 0 Å². The van der Waals surface area contributed by atoms with Crippen LogP contribution in [0.1, 0.15) is 6.42 Å². The summed E-state index contributed by atoms with van der Waals surface area (Å²) < 4.78 is 4.85. The van der Waals surface area contributed by atoms with Crippen LogP contribution in [0.15, 0.2) is 12.7 Å². The van der Waals surface area contributed by atoms with Crippen LogP contribution in [-0.2, 0) is 37.1 Å². The van der Waals surface area contributed by atoms with Gasteiger partial charge in [-0.25, -0.2) is 0 Å². The molecule has 9 heavy (non-hydrogen) atoms. The fourth-order valence-corrected chi connectivity index (χ4v) is 0.437. The molecule has 52 valence electrons. The van der Waals surface area contributed by atoms with Crippen molar-refractivity contribution >= 4 is 10.5 Å². The minimum atomic E-state index is 0. The topological polar surface area (TPSA) is 66.2 Å². The number of hydrogen-bond donors (Lipinski definition) is 0. The van der Waals surface area contributed by atoms with Gasteiger partial charge in [0.1, 0.15) is 10.5 Å². The summed E-state index contributed by atoms with van der Waals surface area (Å²) in [6.45, 7) is 4.39. The minimum absolute atomic E-state index is 0. The van der Waals surface area contributed by atoms with Crippen molar-refractivity contribution in [3.8, 4) is 0 Å². The van der Waals surface area contributed by atoms with Crippen molar-refractivity contribution in [2.45, 2.75) is 6.42 Å². The molecule has 0 heterocycles. The van der Waals surface area contributed by atoms with Crippen LogP contribution in [0.4, 0.5) is 0 Å². The Morgan fingerprint density at radius 2 is 1.89 bits per heavy atom. The van der Waals surface area contributed by atoms with Gasteiger partial charge in [0.2, 0.25) is 0 Å². The minimum Gasteiger partial charge on any atom is -2.00 e. The van der Waals surface area contributed by atoms with Crippen molar-refractivity contribution in [1.82, 2.24) is 0 Å². The average molecular weight is 182 g/mol. The molecule has 0 unspecified atom stereocenters. The van der Waals surface area contributed by atoms with Crippen molar-refractivity contribution in [2.75, 3.05) is 6.61 Å². The molecule has 0 fully saturated rings. The number of rotatable bonds is 3. The van der Waals surface area contributed by atoms with E-state index in [4.69, 9.17) is 4.43 Å². The monoisotopic (exact) mass is 182 g/mol. The normalized spacial score (nSPS) is 5.78. The summed E-state index contributed by atoms with van der Waals surface area (Å²) in [4.78, 5) is 0. The van der Waals surface area contributed by atoms with Gasteiger partial charge in [-0.05, 0) is 6.42 Å². The predicted octanol–water partition coefficient (Wildman–Crippen LogP) is -0.381. The molecule has 0 spiro atoms. The summed E-state index contributed by atoms with van der Waals surface area (Å²) in [5, 5.41) is 0. The van der Waals surface area contributed by atoms with Crippen molar-refractivity contribution in [2.24, 2.45) is 0 Å². The van der Waals surface area contributed by atoms with Gasteiger partial charge in [0.05, 0.1) is 0 Å². The van der Waals surface area contributed by atoms with Crippen LogP contribution in [0, 0.1) is 0 Å². The molecule has 0 aromatic rings. The quantitative estimate of drug-likeness (QED) is 0.333. The van der Waals surface area contributed by atoms with E-state index in [1.54, 1.807) is 0 Å². The van der Waals surface area contributed by atoms with E-state index in [2.05, 4.69) is 6.58 Å². The van der Waals surface area contributed by atoms with Gasteiger partial charge in [0, 0.05) is 6.61 Å². The van der Waals surface area contributed by atoms with E-state index < -0.39 is 0 Å². The summed E-state index contributed by atoms with van der Waals surface area (Å²) >= 11 is 0. The summed E-state index contributed by atoms with van der Waals surface area (Å²) in [5.74, 6) is 0. The zero-order valence-electron chi connectivity index (χ0n) is 5.42. The Morgan fingerprint density at radius 3 is 2.00 bits per heavy atom. The van der Waals surface area contributed by atoms with Crippen molar-refractivity contribution < 1.29 is 37.1 Å². The van der Waals surface area contributed by atoms with Gasteiger partial charge in [-0.2, -0.15) is 0 Å². The Morgan fingerprint density at radius 1 is 1.44 bits per heavy atom. The van der Waals surface area contributed by atoms with Crippen molar-refractivity contribution in [1.29, 1.82) is 0 Å². The summed E-state index contributed by atoms with van der Waals surface area (Å²) in [6.07, 6.45) is 2.85. The first-order chi connectivity index (χ1) is 2.91. The fourth-order valence-electron chi connectivity index (χ4n) is 0.201. The third-order valence-corrected chi connectivity index (χ3v) is 0.934. The molecule has 0 radical (unpaired) electrons. The van der Waals surface area contributed by atoms with Gasteiger partial charge in [-0.1, -0.05) is 6.08 Å². The van der Waals surface area contributed by atoms with Crippen molar-refractivity contribution in [3.63, 3.8) is 0 Å². The molecule has 0 saturated heterocycles. The van der Waals surface area contributed by atoms with Gasteiger partial charge >= 0.3 is 21.7 Å². The van der Waals surface area contributed by atoms with Crippen LogP contribution < -0.4 is 0 Å². The Hall–Kier alpha value is 0.551. The molecular formula is C4H10O3SiTi. The third-order valence-electron chi connectivity index (χ3n) is 0.526. The molecule has 0 saturated carbocycles. The van der Waals surface area contributed by atoms with Crippen LogP contribution >= 0.6 is 0 Å². The smallest absolute Gasteiger partial charge is 2.00 e. The molecule has 0 atom stereocenters. The zero-order chi connectivity index (χ0) is 4.83. The molecule has 0 aliphatic rings. The maximum Gasteiger partial charge on any atom is 4.00 e. The van der Waals surface area contributed by atoms with Gasteiger partial charge in [0.15, 0.2) is 0 Å². The Kier molecular flexibility index (Phi) is 59.3. The first-order valence-electron chi connectivity index (χ1n) is 2.01. The van der Waals surface area contributed by atoms with Gasteiger partial charge in [-0.3, -0.25) is 0 Å².